The number of para-hydroxylation sites is 1. The Hall–Kier alpha value is -2.47. The molecule has 0 aliphatic rings. The molecule has 0 spiro atoms. The summed E-state index contributed by atoms with van der Waals surface area (Å²) >= 11 is 0. The third-order valence-electron chi connectivity index (χ3n) is 3.06. The molecule has 3 nitrogen and oxygen atoms in total. The minimum atomic E-state index is -0.497. The van der Waals surface area contributed by atoms with Crippen LogP contribution in [0.3, 0.4) is 0 Å². The van der Waals surface area contributed by atoms with E-state index >= 15 is 0 Å². The average molecular weight is 239 g/mol. The van der Waals surface area contributed by atoms with Gasteiger partial charge in [-0.25, -0.2) is 0 Å². The zero-order chi connectivity index (χ0) is 13.3. The Morgan fingerprint density at radius 2 is 1.89 bits per heavy atom. The van der Waals surface area contributed by atoms with Crippen molar-refractivity contribution in [1.29, 1.82) is 0 Å². The molecule has 90 valence electrons. The average Bonchev–Trinajstić information content (AvgIpc) is 2.61. The molecule has 0 radical (unpaired) electrons. The molecular formula is C15H13NO2. The van der Waals surface area contributed by atoms with Crippen molar-refractivity contribution in [3.05, 3.63) is 47.2 Å². The third-order valence-corrected chi connectivity index (χ3v) is 3.06. The number of hydrogen-bond donors (Lipinski definition) is 1. The van der Waals surface area contributed by atoms with Gasteiger partial charge >= 0.3 is 0 Å². The molecule has 0 bridgehead atoms. The molecule has 1 heterocycles. The quantitative estimate of drug-likeness (QED) is 0.497. The number of terminal acetylenes is 1. The van der Waals surface area contributed by atoms with Gasteiger partial charge in [0.05, 0.1) is 5.56 Å². The largest absolute Gasteiger partial charge is 0.494 e. The summed E-state index contributed by atoms with van der Waals surface area (Å²) in [5.74, 6) is 1.45. The van der Waals surface area contributed by atoms with Gasteiger partial charge in [-0.3, -0.25) is 9.36 Å². The van der Waals surface area contributed by atoms with E-state index in [1.165, 1.54) is 0 Å². The number of aromatic hydroxyl groups is 1. The van der Waals surface area contributed by atoms with Crippen molar-refractivity contribution < 1.29 is 9.90 Å². The fraction of sp³-hybridized carbons (Fsp3) is 0.133. The second-order valence-electron chi connectivity index (χ2n) is 4.05. The van der Waals surface area contributed by atoms with E-state index in [0.717, 1.165) is 11.4 Å². The normalized spacial score (nSPS) is 10.1. The minimum Gasteiger partial charge on any atom is -0.494 e. The van der Waals surface area contributed by atoms with Crippen LogP contribution in [0.15, 0.2) is 30.3 Å². The fourth-order valence-electron chi connectivity index (χ4n) is 2.02. The van der Waals surface area contributed by atoms with E-state index in [9.17, 15) is 9.90 Å². The number of ketones is 1. The molecule has 0 unspecified atom stereocenters. The van der Waals surface area contributed by atoms with Gasteiger partial charge in [-0.2, -0.15) is 0 Å². The minimum absolute atomic E-state index is 0.0980. The monoisotopic (exact) mass is 239 g/mol. The lowest BCUT2D eigenvalue weighted by molar-refractivity contribution is 0.105. The molecule has 18 heavy (non-hydrogen) atoms. The van der Waals surface area contributed by atoms with Gasteiger partial charge in [0.1, 0.15) is 0 Å². The van der Waals surface area contributed by atoms with E-state index in [-0.39, 0.29) is 11.4 Å². The van der Waals surface area contributed by atoms with Crippen molar-refractivity contribution in [3.63, 3.8) is 0 Å². The number of aromatic nitrogens is 1. The van der Waals surface area contributed by atoms with Crippen LogP contribution in [0.4, 0.5) is 0 Å². The number of benzene rings is 1. The van der Waals surface area contributed by atoms with Crippen LogP contribution in [0.2, 0.25) is 0 Å². The molecule has 1 N–H and O–H groups in total. The summed E-state index contributed by atoms with van der Waals surface area (Å²) in [7, 11) is 0. The standard InChI is InChI=1S/C15H13NO2/c1-4-13(17)14-10(2)11(3)16(15(14)18)12-8-6-5-7-9-12/h1,5-9,18H,2-3H3. The molecule has 0 saturated carbocycles. The molecule has 2 aromatic rings. The summed E-state index contributed by atoms with van der Waals surface area (Å²) in [6, 6.07) is 9.34. The first-order valence-electron chi connectivity index (χ1n) is 5.55. The summed E-state index contributed by atoms with van der Waals surface area (Å²) in [6.07, 6.45) is 5.12. The maximum absolute atomic E-state index is 11.6. The number of carbonyl (C=O) groups is 1. The van der Waals surface area contributed by atoms with Crippen LogP contribution in [0.25, 0.3) is 5.69 Å². The van der Waals surface area contributed by atoms with Crippen molar-refractivity contribution in [2.75, 3.05) is 0 Å². The molecule has 0 aliphatic carbocycles. The van der Waals surface area contributed by atoms with Crippen molar-refractivity contribution in [3.8, 4) is 23.9 Å². The van der Waals surface area contributed by atoms with E-state index in [4.69, 9.17) is 6.42 Å². The van der Waals surface area contributed by atoms with Crippen molar-refractivity contribution in [2.45, 2.75) is 13.8 Å². The van der Waals surface area contributed by atoms with Crippen LogP contribution >= 0.6 is 0 Å². The molecule has 1 aromatic heterocycles. The van der Waals surface area contributed by atoms with Crippen molar-refractivity contribution in [2.24, 2.45) is 0 Å². The van der Waals surface area contributed by atoms with E-state index in [1.807, 2.05) is 43.2 Å². The van der Waals surface area contributed by atoms with Gasteiger partial charge in [0.2, 0.25) is 11.7 Å². The lowest BCUT2D eigenvalue weighted by atomic mass is 10.1. The summed E-state index contributed by atoms with van der Waals surface area (Å²) in [5, 5.41) is 10.2. The van der Waals surface area contributed by atoms with Gasteiger partial charge in [-0.15, -0.1) is 6.42 Å². The molecule has 1 aromatic carbocycles. The Bertz CT molecular complexity index is 645. The number of rotatable bonds is 2. The molecule has 0 fully saturated rings. The zero-order valence-electron chi connectivity index (χ0n) is 10.3. The maximum Gasteiger partial charge on any atom is 0.241 e. The molecule has 0 amide bonds. The first-order valence-corrected chi connectivity index (χ1v) is 5.55. The van der Waals surface area contributed by atoms with Crippen LogP contribution in [0.5, 0.6) is 5.88 Å². The SMILES string of the molecule is C#CC(=O)c1c(C)c(C)n(-c2ccccc2)c1O. The second-order valence-corrected chi connectivity index (χ2v) is 4.05. The molecule has 2 rings (SSSR count). The van der Waals surface area contributed by atoms with Gasteiger partial charge < -0.3 is 5.11 Å². The Labute approximate surface area is 106 Å². The zero-order valence-corrected chi connectivity index (χ0v) is 10.3. The van der Waals surface area contributed by atoms with Crippen LogP contribution in [-0.2, 0) is 0 Å². The molecule has 0 aliphatic heterocycles. The smallest absolute Gasteiger partial charge is 0.241 e. The summed E-state index contributed by atoms with van der Waals surface area (Å²) in [6.45, 7) is 3.62. The third kappa shape index (κ3) is 1.68. The van der Waals surface area contributed by atoms with E-state index in [1.54, 1.807) is 11.5 Å². The number of hydrogen-bond acceptors (Lipinski definition) is 2. The van der Waals surface area contributed by atoms with Crippen molar-refractivity contribution in [1.82, 2.24) is 4.57 Å². The highest BCUT2D eigenvalue weighted by Gasteiger charge is 2.22. The highest BCUT2D eigenvalue weighted by molar-refractivity contribution is 6.11. The number of carbonyl (C=O) groups excluding carboxylic acids is 1. The second kappa shape index (κ2) is 4.42. The highest BCUT2D eigenvalue weighted by atomic mass is 16.3. The van der Waals surface area contributed by atoms with Crippen LogP contribution in [0, 0.1) is 26.2 Å². The van der Waals surface area contributed by atoms with Gasteiger partial charge in [0.25, 0.3) is 0 Å². The summed E-state index contributed by atoms with van der Waals surface area (Å²) < 4.78 is 1.62. The number of Topliss-reactive ketones (excluding diaryl/α,β-unsaturated/α-hetero) is 1. The predicted octanol–water partition coefficient (Wildman–Crippen LogP) is 2.62. The first kappa shape index (κ1) is 12.0. The van der Waals surface area contributed by atoms with Gasteiger partial charge in [-0.05, 0) is 37.5 Å². The highest BCUT2D eigenvalue weighted by Crippen LogP contribution is 2.31. The fourth-order valence-corrected chi connectivity index (χ4v) is 2.02. The van der Waals surface area contributed by atoms with Gasteiger partial charge in [0, 0.05) is 11.4 Å². The maximum atomic E-state index is 11.6. The summed E-state index contributed by atoms with van der Waals surface area (Å²) in [5.41, 5.74) is 2.52. The topological polar surface area (TPSA) is 42.2 Å². The lowest BCUT2D eigenvalue weighted by Gasteiger charge is -2.07. The molecular weight excluding hydrogens is 226 g/mol. The molecule has 0 saturated heterocycles. The van der Waals surface area contributed by atoms with E-state index < -0.39 is 5.78 Å². The van der Waals surface area contributed by atoms with Crippen LogP contribution < -0.4 is 0 Å². The van der Waals surface area contributed by atoms with E-state index in [0.29, 0.717) is 5.56 Å². The predicted molar refractivity (Wildman–Crippen MR) is 70.1 cm³/mol. The molecule has 0 atom stereocenters. The summed E-state index contributed by atoms with van der Waals surface area (Å²) in [4.78, 5) is 11.6. The van der Waals surface area contributed by atoms with Crippen molar-refractivity contribution >= 4 is 5.78 Å². The molecule has 3 heteroatoms. The Kier molecular flexibility index (Phi) is 2.95. The first-order chi connectivity index (χ1) is 8.57. The van der Waals surface area contributed by atoms with Crippen LogP contribution in [-0.4, -0.2) is 15.5 Å². The van der Waals surface area contributed by atoms with E-state index in [2.05, 4.69) is 0 Å². The Morgan fingerprint density at radius 3 is 2.44 bits per heavy atom. The van der Waals surface area contributed by atoms with Crippen LogP contribution in [0.1, 0.15) is 21.6 Å². The van der Waals surface area contributed by atoms with Gasteiger partial charge in [-0.1, -0.05) is 18.2 Å². The Balaban J connectivity index is 2.72. The lowest BCUT2D eigenvalue weighted by Crippen LogP contribution is -1.97. The van der Waals surface area contributed by atoms with Gasteiger partial charge in [0.15, 0.2) is 0 Å². The Morgan fingerprint density at radius 1 is 1.28 bits per heavy atom. The number of nitrogens with zero attached hydrogens (tertiary/aromatic N) is 1.